The van der Waals surface area contributed by atoms with E-state index in [-0.39, 0.29) is 18.6 Å². The maximum Gasteiger partial charge on any atom is 0.214 e. The third kappa shape index (κ3) is 1.67. The smallest absolute Gasteiger partial charge is 0.214 e. The Morgan fingerprint density at radius 1 is 1.56 bits per heavy atom. The van der Waals surface area contributed by atoms with E-state index in [9.17, 15) is 9.59 Å². The first-order valence-corrected chi connectivity index (χ1v) is 5.03. The van der Waals surface area contributed by atoms with E-state index in [1.807, 2.05) is 0 Å². The number of fused-ring (bicyclic) bond motifs is 1. The van der Waals surface area contributed by atoms with Crippen molar-refractivity contribution < 1.29 is 9.59 Å². The molecule has 0 saturated carbocycles. The van der Waals surface area contributed by atoms with Crippen LogP contribution < -0.4 is 5.73 Å². The van der Waals surface area contributed by atoms with Crippen LogP contribution in [0.15, 0.2) is 11.1 Å². The number of Topliss-reactive ketones (excluding diaryl/α,β-unsaturated/α-hetero) is 1. The van der Waals surface area contributed by atoms with Crippen molar-refractivity contribution in [2.24, 2.45) is 0 Å². The minimum atomic E-state index is -0.572. The van der Waals surface area contributed by atoms with Crippen molar-refractivity contribution in [2.75, 3.05) is 5.73 Å². The van der Waals surface area contributed by atoms with Crippen molar-refractivity contribution in [3.63, 3.8) is 0 Å². The van der Waals surface area contributed by atoms with Crippen molar-refractivity contribution in [2.45, 2.75) is 6.54 Å². The number of nitrogen functional groups attached to an aromatic ring is 1. The van der Waals surface area contributed by atoms with E-state index in [4.69, 9.17) is 5.73 Å². The van der Waals surface area contributed by atoms with Crippen molar-refractivity contribution in [3.8, 4) is 0 Å². The Morgan fingerprint density at radius 3 is 3.00 bits per heavy atom. The summed E-state index contributed by atoms with van der Waals surface area (Å²) in [6, 6.07) is 0. The number of nitrogens with zero attached hydrogens (tertiary/aromatic N) is 4. The van der Waals surface area contributed by atoms with Crippen LogP contribution in [0, 0.1) is 0 Å². The first-order chi connectivity index (χ1) is 7.63. The van der Waals surface area contributed by atoms with Gasteiger partial charge in [-0.2, -0.15) is 0 Å². The lowest BCUT2D eigenvalue weighted by Crippen LogP contribution is -2.11. The molecule has 8 heteroatoms. The minimum absolute atomic E-state index is 0.128. The van der Waals surface area contributed by atoms with Crippen molar-refractivity contribution in [1.82, 2.24) is 19.5 Å². The maximum absolute atomic E-state index is 11.0. The molecule has 2 aromatic heterocycles. The van der Waals surface area contributed by atoms with Gasteiger partial charge in [-0.15, -0.1) is 0 Å². The summed E-state index contributed by atoms with van der Waals surface area (Å²) in [6.07, 6.45) is 1.52. The Bertz CT molecular complexity index is 579. The van der Waals surface area contributed by atoms with E-state index in [1.54, 1.807) is 0 Å². The summed E-state index contributed by atoms with van der Waals surface area (Å²) in [4.78, 5) is 33.1. The Balaban J connectivity index is 2.60. The summed E-state index contributed by atoms with van der Waals surface area (Å²) in [7, 11) is 0. The standard InChI is InChI=1S/C8H6BrN5O2/c9-8-13-5-6(10)11-3-12-7(5)14(8)1-4(16)2-15/h2-3H,1H2,(H2,10,11,12). The normalized spacial score (nSPS) is 10.6. The zero-order valence-corrected chi connectivity index (χ0v) is 9.51. The molecule has 0 bridgehead atoms. The van der Waals surface area contributed by atoms with Gasteiger partial charge in [-0.1, -0.05) is 0 Å². The lowest BCUT2D eigenvalue weighted by atomic mass is 10.4. The predicted octanol–water partition coefficient (Wildman–Crippen LogP) is -0.0610. The Morgan fingerprint density at radius 2 is 2.31 bits per heavy atom. The topological polar surface area (TPSA) is 104 Å². The molecule has 0 atom stereocenters. The molecular weight excluding hydrogens is 278 g/mol. The monoisotopic (exact) mass is 283 g/mol. The Kier molecular flexibility index (Phi) is 2.65. The summed E-state index contributed by atoms with van der Waals surface area (Å²) in [5.41, 5.74) is 6.41. The van der Waals surface area contributed by atoms with Gasteiger partial charge >= 0.3 is 0 Å². The number of aromatic nitrogens is 4. The van der Waals surface area contributed by atoms with Crippen LogP contribution in [-0.4, -0.2) is 31.6 Å². The molecule has 0 saturated heterocycles. The molecule has 0 fully saturated rings. The van der Waals surface area contributed by atoms with Gasteiger partial charge in [-0.25, -0.2) is 15.0 Å². The highest BCUT2D eigenvalue weighted by Gasteiger charge is 2.14. The quantitative estimate of drug-likeness (QED) is 0.481. The number of hydrogen-bond donors (Lipinski definition) is 1. The molecule has 7 nitrogen and oxygen atoms in total. The number of aldehydes is 1. The molecule has 82 valence electrons. The summed E-state index contributed by atoms with van der Waals surface area (Å²) < 4.78 is 1.83. The van der Waals surface area contributed by atoms with Crippen LogP contribution in [-0.2, 0) is 16.1 Å². The zero-order chi connectivity index (χ0) is 11.7. The van der Waals surface area contributed by atoms with E-state index >= 15 is 0 Å². The molecule has 16 heavy (non-hydrogen) atoms. The second-order valence-corrected chi connectivity index (χ2v) is 3.69. The van der Waals surface area contributed by atoms with Crippen LogP contribution in [0.3, 0.4) is 0 Å². The maximum atomic E-state index is 11.0. The lowest BCUT2D eigenvalue weighted by Gasteiger charge is -2.00. The molecule has 0 aliphatic carbocycles. The fourth-order valence-electron chi connectivity index (χ4n) is 1.26. The third-order valence-electron chi connectivity index (χ3n) is 1.96. The highest BCUT2D eigenvalue weighted by molar-refractivity contribution is 9.10. The third-order valence-corrected chi connectivity index (χ3v) is 2.56. The largest absolute Gasteiger partial charge is 0.382 e. The molecular formula is C8H6BrN5O2. The molecule has 2 N–H and O–H groups in total. The summed E-state index contributed by atoms with van der Waals surface area (Å²) in [5, 5.41) is 0. The molecule has 2 aromatic rings. The fourth-order valence-corrected chi connectivity index (χ4v) is 1.73. The second-order valence-electron chi connectivity index (χ2n) is 2.98. The average Bonchev–Trinajstić information content (AvgIpc) is 2.58. The Hall–Kier alpha value is -1.83. The van der Waals surface area contributed by atoms with E-state index in [2.05, 4.69) is 30.9 Å². The first-order valence-electron chi connectivity index (χ1n) is 4.23. The van der Waals surface area contributed by atoms with Crippen molar-refractivity contribution in [1.29, 1.82) is 0 Å². The minimum Gasteiger partial charge on any atom is -0.382 e. The molecule has 2 heterocycles. The van der Waals surface area contributed by atoms with Crippen LogP contribution in [0.2, 0.25) is 0 Å². The number of nitrogens with two attached hydrogens (primary N) is 1. The van der Waals surface area contributed by atoms with Gasteiger partial charge in [0.25, 0.3) is 0 Å². The number of ketones is 1. The average molecular weight is 284 g/mol. The molecule has 0 unspecified atom stereocenters. The predicted molar refractivity (Wildman–Crippen MR) is 58.5 cm³/mol. The molecule has 0 aliphatic rings. The number of imidazole rings is 1. The van der Waals surface area contributed by atoms with Gasteiger partial charge in [0.2, 0.25) is 5.78 Å². The molecule has 0 spiro atoms. The van der Waals surface area contributed by atoms with Gasteiger partial charge in [0.05, 0.1) is 6.54 Å². The van der Waals surface area contributed by atoms with Crippen molar-refractivity contribution >= 4 is 45.0 Å². The molecule has 0 aliphatic heterocycles. The summed E-state index contributed by atoms with van der Waals surface area (Å²) in [5.74, 6) is -0.347. The summed E-state index contributed by atoms with van der Waals surface area (Å²) >= 11 is 3.16. The number of anilines is 1. The SMILES string of the molecule is Nc1ncnc2c1nc(Br)n2CC(=O)C=O. The van der Waals surface area contributed by atoms with Crippen LogP contribution in [0.4, 0.5) is 5.82 Å². The van der Waals surface area contributed by atoms with E-state index in [0.29, 0.717) is 15.9 Å². The van der Waals surface area contributed by atoms with Gasteiger partial charge < -0.3 is 5.73 Å². The molecule has 2 rings (SSSR count). The van der Waals surface area contributed by atoms with Crippen LogP contribution in [0.25, 0.3) is 11.2 Å². The lowest BCUT2D eigenvalue weighted by molar-refractivity contribution is -0.130. The first kappa shape index (κ1) is 10.7. The molecule has 0 radical (unpaired) electrons. The van der Waals surface area contributed by atoms with E-state index in [0.717, 1.165) is 0 Å². The second kappa shape index (κ2) is 3.97. The molecule has 0 amide bonds. The van der Waals surface area contributed by atoms with Crippen LogP contribution in [0.1, 0.15) is 0 Å². The molecule has 0 aromatic carbocycles. The highest BCUT2D eigenvalue weighted by atomic mass is 79.9. The summed E-state index contributed by atoms with van der Waals surface area (Å²) in [6.45, 7) is -0.128. The number of carbonyl (C=O) groups excluding carboxylic acids is 2. The fraction of sp³-hybridized carbons (Fsp3) is 0.125. The number of halogens is 1. The van der Waals surface area contributed by atoms with Crippen LogP contribution >= 0.6 is 15.9 Å². The van der Waals surface area contributed by atoms with Gasteiger partial charge in [0.1, 0.15) is 6.33 Å². The number of carbonyl (C=O) groups is 2. The van der Waals surface area contributed by atoms with Gasteiger partial charge in [-0.3, -0.25) is 14.2 Å². The number of hydrogen-bond acceptors (Lipinski definition) is 6. The Labute approximate surface area is 97.8 Å². The van der Waals surface area contributed by atoms with E-state index < -0.39 is 5.78 Å². The van der Waals surface area contributed by atoms with Crippen molar-refractivity contribution in [3.05, 3.63) is 11.1 Å². The van der Waals surface area contributed by atoms with Gasteiger partial charge in [0, 0.05) is 0 Å². The number of rotatable bonds is 3. The highest BCUT2D eigenvalue weighted by Crippen LogP contribution is 2.20. The van der Waals surface area contributed by atoms with Crippen LogP contribution in [0.5, 0.6) is 0 Å². The van der Waals surface area contributed by atoms with Gasteiger partial charge in [0.15, 0.2) is 28.0 Å². The van der Waals surface area contributed by atoms with Gasteiger partial charge in [-0.05, 0) is 15.9 Å². The van der Waals surface area contributed by atoms with E-state index in [1.165, 1.54) is 10.9 Å². The zero-order valence-electron chi connectivity index (χ0n) is 7.92.